The molecule has 33 heavy (non-hydrogen) atoms. The van der Waals surface area contributed by atoms with Crippen molar-refractivity contribution in [2.75, 3.05) is 13.2 Å². The number of carbonyl (C=O) groups excluding carboxylic acids is 1. The molecule has 0 spiro atoms. The van der Waals surface area contributed by atoms with Gasteiger partial charge in [-0.2, -0.15) is 0 Å². The number of benzene rings is 1. The molecule has 3 aliphatic rings. The second-order valence-corrected chi connectivity index (χ2v) is 8.09. The van der Waals surface area contributed by atoms with Gasteiger partial charge >= 0.3 is 5.97 Å². The minimum absolute atomic E-state index is 0.00971. The first-order valence-electron chi connectivity index (χ1n) is 10.4. The summed E-state index contributed by atoms with van der Waals surface area (Å²) in [7, 11) is 0. The van der Waals surface area contributed by atoms with E-state index in [2.05, 4.69) is 0 Å². The number of phenolic OH excluding ortho intramolecular Hbond substituents is 1. The van der Waals surface area contributed by atoms with Crippen LogP contribution in [0, 0.1) is 11.8 Å². The van der Waals surface area contributed by atoms with Crippen LogP contribution < -0.4 is 0 Å². The fraction of sp³-hybridized carbons (Fsp3) is 0.500. The molecule has 0 saturated carbocycles. The number of aliphatic hydroxyl groups excluding tert-OH is 5. The van der Waals surface area contributed by atoms with Crippen molar-refractivity contribution in [2.24, 2.45) is 11.8 Å². The van der Waals surface area contributed by atoms with Crippen LogP contribution in [0.3, 0.4) is 0 Å². The maximum absolute atomic E-state index is 12.5. The molecule has 2 heterocycles. The van der Waals surface area contributed by atoms with Gasteiger partial charge < -0.3 is 49.6 Å². The van der Waals surface area contributed by atoms with Gasteiger partial charge in [-0.05, 0) is 42.0 Å². The molecule has 0 aromatic heterocycles. The maximum atomic E-state index is 12.5. The Labute approximate surface area is 188 Å². The van der Waals surface area contributed by atoms with Crippen molar-refractivity contribution >= 4 is 5.97 Å². The minimum atomic E-state index is -1.62. The van der Waals surface area contributed by atoms with E-state index in [4.69, 9.17) is 18.9 Å². The predicted molar refractivity (Wildman–Crippen MR) is 108 cm³/mol. The van der Waals surface area contributed by atoms with Crippen LogP contribution in [0.2, 0.25) is 0 Å². The lowest BCUT2D eigenvalue weighted by Gasteiger charge is -2.42. The Morgan fingerprint density at radius 2 is 1.73 bits per heavy atom. The predicted octanol–water partition coefficient (Wildman–Crippen LogP) is -1.23. The summed E-state index contributed by atoms with van der Waals surface area (Å²) in [5.74, 6) is -1.68. The SMILES string of the molecule is O=C(O[C@H]1C=C(CO)[C@@H]2[C@@H](O[C@H]3O[C@@H](CO)[C@@H](O)[C@@H](O)[C@H]3O)OC=C[C@@H]21)c1ccc(O)cc1. The minimum Gasteiger partial charge on any atom is -0.508 e. The molecule has 1 aromatic rings. The quantitative estimate of drug-likeness (QED) is 0.219. The molecule has 0 amide bonds. The summed E-state index contributed by atoms with van der Waals surface area (Å²) in [6.45, 7) is -0.987. The summed E-state index contributed by atoms with van der Waals surface area (Å²) in [5.41, 5.74) is 0.711. The van der Waals surface area contributed by atoms with Gasteiger partial charge in [0.1, 0.15) is 36.3 Å². The molecule has 11 nitrogen and oxygen atoms in total. The molecule has 11 heteroatoms. The van der Waals surface area contributed by atoms with E-state index in [0.717, 1.165) is 0 Å². The topological polar surface area (TPSA) is 175 Å². The Balaban J connectivity index is 1.49. The van der Waals surface area contributed by atoms with Crippen LogP contribution in [0.25, 0.3) is 0 Å². The standard InChI is InChI=1S/C22H26O11/c23-8-11-7-14(31-20(29)10-1-3-12(25)4-2-10)13-5-6-30-21(16(11)13)33-22-19(28)18(27)17(26)15(9-24)32-22/h1-7,13-19,21-28H,8-9H2/t13-,14+,15+,16+,17-,18-,19-,21-,22-/m1/s1. The molecule has 0 bridgehead atoms. The molecule has 2 aliphatic heterocycles. The van der Waals surface area contributed by atoms with Gasteiger partial charge in [0.25, 0.3) is 0 Å². The Morgan fingerprint density at radius 1 is 1.00 bits per heavy atom. The van der Waals surface area contributed by atoms with Crippen molar-refractivity contribution in [1.29, 1.82) is 0 Å². The van der Waals surface area contributed by atoms with E-state index in [1.54, 1.807) is 12.2 Å². The number of hydrogen-bond acceptors (Lipinski definition) is 11. The molecule has 6 N–H and O–H groups in total. The second-order valence-electron chi connectivity index (χ2n) is 8.09. The first kappa shape index (κ1) is 23.6. The third-order valence-electron chi connectivity index (χ3n) is 6.05. The van der Waals surface area contributed by atoms with Crippen LogP contribution in [0.15, 0.2) is 48.3 Å². The molecule has 4 rings (SSSR count). The van der Waals surface area contributed by atoms with Crippen molar-refractivity contribution in [3.8, 4) is 5.75 Å². The third-order valence-corrected chi connectivity index (χ3v) is 6.05. The fourth-order valence-electron chi connectivity index (χ4n) is 4.26. The van der Waals surface area contributed by atoms with E-state index in [1.165, 1.54) is 30.5 Å². The zero-order chi connectivity index (χ0) is 23.7. The lowest BCUT2D eigenvalue weighted by atomic mass is 9.88. The Morgan fingerprint density at radius 3 is 2.39 bits per heavy atom. The number of ether oxygens (including phenoxy) is 4. The summed E-state index contributed by atoms with van der Waals surface area (Å²) in [6.07, 6.45) is -4.61. The highest BCUT2D eigenvalue weighted by Crippen LogP contribution is 2.42. The number of carbonyl (C=O) groups is 1. The average molecular weight is 466 g/mol. The lowest BCUT2D eigenvalue weighted by molar-refractivity contribution is -0.339. The van der Waals surface area contributed by atoms with Crippen LogP contribution in [-0.2, 0) is 18.9 Å². The Hall–Kier alpha value is -2.51. The van der Waals surface area contributed by atoms with Crippen molar-refractivity contribution in [1.82, 2.24) is 0 Å². The zero-order valence-corrected chi connectivity index (χ0v) is 17.4. The van der Waals surface area contributed by atoms with Gasteiger partial charge in [-0.3, -0.25) is 0 Å². The normalized spacial score (nSPS) is 37.7. The number of fused-ring (bicyclic) bond motifs is 1. The van der Waals surface area contributed by atoms with Gasteiger partial charge in [0.05, 0.1) is 31.0 Å². The van der Waals surface area contributed by atoms with Crippen molar-refractivity contribution in [2.45, 2.75) is 43.1 Å². The van der Waals surface area contributed by atoms with Gasteiger partial charge in [-0.15, -0.1) is 0 Å². The second kappa shape index (κ2) is 9.77. The molecule has 1 saturated heterocycles. The van der Waals surface area contributed by atoms with Crippen LogP contribution in [0.1, 0.15) is 10.4 Å². The van der Waals surface area contributed by atoms with Gasteiger partial charge in [0, 0.05) is 5.92 Å². The van der Waals surface area contributed by atoms with Crippen LogP contribution in [-0.4, -0.2) is 92.9 Å². The lowest BCUT2D eigenvalue weighted by Crippen LogP contribution is -2.60. The number of phenols is 1. The van der Waals surface area contributed by atoms with E-state index in [9.17, 15) is 35.4 Å². The Bertz CT molecular complexity index is 896. The highest BCUT2D eigenvalue weighted by molar-refractivity contribution is 5.89. The third kappa shape index (κ3) is 4.62. The average Bonchev–Trinajstić information content (AvgIpc) is 3.18. The smallest absolute Gasteiger partial charge is 0.338 e. The summed E-state index contributed by atoms with van der Waals surface area (Å²) in [4.78, 5) is 12.5. The number of aromatic hydroxyl groups is 1. The number of esters is 1. The molecular weight excluding hydrogens is 440 g/mol. The fourth-order valence-corrected chi connectivity index (χ4v) is 4.26. The molecule has 1 aliphatic carbocycles. The van der Waals surface area contributed by atoms with E-state index in [1.807, 2.05) is 0 Å². The first-order valence-corrected chi connectivity index (χ1v) is 10.4. The van der Waals surface area contributed by atoms with Crippen LogP contribution >= 0.6 is 0 Å². The van der Waals surface area contributed by atoms with Crippen molar-refractivity contribution in [3.05, 3.63) is 53.8 Å². The van der Waals surface area contributed by atoms with Gasteiger partial charge in [-0.25, -0.2) is 4.79 Å². The number of aliphatic hydroxyl groups is 5. The molecule has 180 valence electrons. The Kier molecular flexibility index (Phi) is 7.00. The van der Waals surface area contributed by atoms with E-state index >= 15 is 0 Å². The highest BCUT2D eigenvalue weighted by Gasteiger charge is 2.50. The molecule has 0 radical (unpaired) electrons. The van der Waals surface area contributed by atoms with Gasteiger partial charge in [-0.1, -0.05) is 0 Å². The molecular formula is C22H26O11. The number of hydrogen-bond donors (Lipinski definition) is 6. The molecule has 0 unspecified atom stereocenters. The summed E-state index contributed by atoms with van der Waals surface area (Å²) < 4.78 is 22.3. The zero-order valence-electron chi connectivity index (χ0n) is 17.4. The molecule has 1 aromatic carbocycles. The number of rotatable bonds is 6. The van der Waals surface area contributed by atoms with E-state index < -0.39 is 67.5 Å². The maximum Gasteiger partial charge on any atom is 0.338 e. The largest absolute Gasteiger partial charge is 0.508 e. The van der Waals surface area contributed by atoms with Gasteiger partial charge in [0.2, 0.25) is 6.29 Å². The van der Waals surface area contributed by atoms with Crippen molar-refractivity contribution in [3.63, 3.8) is 0 Å². The van der Waals surface area contributed by atoms with Crippen molar-refractivity contribution < 1.29 is 54.4 Å². The van der Waals surface area contributed by atoms with Crippen LogP contribution in [0.5, 0.6) is 5.75 Å². The monoisotopic (exact) mass is 466 g/mol. The van der Waals surface area contributed by atoms with E-state index in [-0.39, 0.29) is 17.9 Å². The van der Waals surface area contributed by atoms with Gasteiger partial charge in [0.15, 0.2) is 6.29 Å². The summed E-state index contributed by atoms with van der Waals surface area (Å²) in [5, 5.41) is 58.8. The van der Waals surface area contributed by atoms with E-state index in [0.29, 0.717) is 5.57 Å². The highest BCUT2D eigenvalue weighted by atomic mass is 16.8. The summed E-state index contributed by atoms with van der Waals surface area (Å²) >= 11 is 0. The molecule has 9 atom stereocenters. The molecule has 1 fully saturated rings. The van der Waals surface area contributed by atoms with Crippen LogP contribution in [0.4, 0.5) is 0 Å². The summed E-state index contributed by atoms with van der Waals surface area (Å²) in [6, 6.07) is 5.57. The first-order chi connectivity index (χ1) is 15.8.